The van der Waals surface area contributed by atoms with E-state index in [9.17, 15) is 4.79 Å². The van der Waals surface area contributed by atoms with Crippen molar-refractivity contribution in [1.82, 2.24) is 5.32 Å². The first-order valence-corrected chi connectivity index (χ1v) is 4.29. The Kier molecular flexibility index (Phi) is 2.24. The van der Waals surface area contributed by atoms with Crippen LogP contribution in [-0.2, 0) is 4.74 Å². The number of carbonyl (C=O) groups is 1. The van der Waals surface area contributed by atoms with Crippen LogP contribution in [0.4, 0.5) is 10.5 Å². The molecular weight excluding hydrogens is 182 g/mol. The number of carbonyl (C=O) groups excluding carboxylic acids is 1. The number of benzene rings is 1. The fourth-order valence-corrected chi connectivity index (χ4v) is 1.38. The van der Waals surface area contributed by atoms with Gasteiger partial charge in [0.25, 0.3) is 0 Å². The Morgan fingerprint density at radius 1 is 1.43 bits per heavy atom. The van der Waals surface area contributed by atoms with Crippen molar-refractivity contribution in [3.05, 3.63) is 29.8 Å². The number of hydrogen-bond acceptors (Lipinski definition) is 4. The first-order valence-electron chi connectivity index (χ1n) is 4.29. The largest absolute Gasteiger partial charge is 0.447 e. The molecule has 0 spiro atoms. The zero-order valence-electron chi connectivity index (χ0n) is 7.49. The third-order valence-corrected chi connectivity index (χ3v) is 2.15. The fourth-order valence-electron chi connectivity index (χ4n) is 1.38. The Hall–Kier alpha value is -1.75. The van der Waals surface area contributed by atoms with E-state index in [2.05, 4.69) is 10.7 Å². The maximum Gasteiger partial charge on any atom is 0.407 e. The van der Waals surface area contributed by atoms with Crippen molar-refractivity contribution in [2.75, 3.05) is 12.0 Å². The van der Waals surface area contributed by atoms with Crippen molar-refractivity contribution in [3.8, 4) is 0 Å². The Morgan fingerprint density at radius 2 is 2.14 bits per heavy atom. The first kappa shape index (κ1) is 8.83. The minimum Gasteiger partial charge on any atom is -0.447 e. The molecule has 0 radical (unpaired) electrons. The lowest BCUT2D eigenvalue weighted by atomic mass is 10.1. The zero-order chi connectivity index (χ0) is 9.97. The molecule has 1 aromatic rings. The predicted molar refractivity (Wildman–Crippen MR) is 51.5 cm³/mol. The first-order chi connectivity index (χ1) is 6.79. The van der Waals surface area contributed by atoms with E-state index < -0.39 is 0 Å². The lowest BCUT2D eigenvalue weighted by Gasteiger charge is -2.08. The van der Waals surface area contributed by atoms with Crippen LogP contribution in [0.3, 0.4) is 0 Å². The second-order valence-corrected chi connectivity index (χ2v) is 3.06. The van der Waals surface area contributed by atoms with Gasteiger partial charge in [0, 0.05) is 5.69 Å². The van der Waals surface area contributed by atoms with E-state index in [0.717, 1.165) is 11.3 Å². The Balaban J connectivity index is 2.13. The summed E-state index contributed by atoms with van der Waals surface area (Å²) in [6.45, 7) is 0.383. The van der Waals surface area contributed by atoms with E-state index in [1.165, 1.54) is 0 Å². The zero-order valence-corrected chi connectivity index (χ0v) is 7.49. The third kappa shape index (κ3) is 1.62. The number of ether oxygens (including phenoxy) is 1. The van der Waals surface area contributed by atoms with Crippen LogP contribution >= 0.6 is 0 Å². The molecule has 2 rings (SSSR count). The van der Waals surface area contributed by atoms with Crippen LogP contribution in [0.1, 0.15) is 11.6 Å². The van der Waals surface area contributed by atoms with Crippen LogP contribution in [0.25, 0.3) is 0 Å². The molecule has 1 aliphatic heterocycles. The van der Waals surface area contributed by atoms with Crippen LogP contribution in [0.2, 0.25) is 0 Å². The number of hydrazine groups is 1. The second-order valence-electron chi connectivity index (χ2n) is 3.06. The van der Waals surface area contributed by atoms with E-state index in [4.69, 9.17) is 10.6 Å². The molecule has 4 N–H and O–H groups in total. The van der Waals surface area contributed by atoms with Gasteiger partial charge in [0.05, 0.1) is 6.04 Å². The Morgan fingerprint density at radius 3 is 2.64 bits per heavy atom. The molecule has 0 saturated carbocycles. The topological polar surface area (TPSA) is 76.4 Å². The van der Waals surface area contributed by atoms with Crippen molar-refractivity contribution in [1.29, 1.82) is 0 Å². The molecule has 0 aromatic heterocycles. The highest BCUT2D eigenvalue weighted by molar-refractivity contribution is 5.70. The van der Waals surface area contributed by atoms with E-state index in [-0.39, 0.29) is 12.1 Å². The summed E-state index contributed by atoms with van der Waals surface area (Å²) in [5, 5.41) is 2.69. The van der Waals surface area contributed by atoms with Crippen LogP contribution in [0, 0.1) is 0 Å². The molecule has 1 amide bonds. The van der Waals surface area contributed by atoms with Crippen LogP contribution < -0.4 is 16.6 Å². The fraction of sp³-hybridized carbons (Fsp3) is 0.222. The number of anilines is 1. The molecule has 0 aliphatic carbocycles. The van der Waals surface area contributed by atoms with Gasteiger partial charge in [0.15, 0.2) is 0 Å². The highest BCUT2D eigenvalue weighted by Gasteiger charge is 2.23. The summed E-state index contributed by atoms with van der Waals surface area (Å²) in [5.41, 5.74) is 4.38. The molecule has 5 heteroatoms. The van der Waals surface area contributed by atoms with Gasteiger partial charge in [-0.05, 0) is 17.7 Å². The summed E-state index contributed by atoms with van der Waals surface area (Å²) in [4.78, 5) is 10.8. The van der Waals surface area contributed by atoms with E-state index in [1.54, 1.807) is 0 Å². The molecule has 1 aliphatic rings. The van der Waals surface area contributed by atoms with Gasteiger partial charge in [-0.1, -0.05) is 12.1 Å². The summed E-state index contributed by atoms with van der Waals surface area (Å²) >= 11 is 0. The summed E-state index contributed by atoms with van der Waals surface area (Å²) in [7, 11) is 0. The molecule has 14 heavy (non-hydrogen) atoms. The smallest absolute Gasteiger partial charge is 0.407 e. The van der Waals surface area contributed by atoms with Crippen molar-refractivity contribution in [3.63, 3.8) is 0 Å². The SMILES string of the molecule is NNc1ccc([C@H]2COC(=O)N2)cc1. The average molecular weight is 193 g/mol. The summed E-state index contributed by atoms with van der Waals surface area (Å²) in [5.74, 6) is 5.23. The number of nitrogen functional groups attached to an aromatic ring is 1. The molecule has 1 heterocycles. The van der Waals surface area contributed by atoms with Crippen molar-refractivity contribution in [2.45, 2.75) is 6.04 Å². The quantitative estimate of drug-likeness (QED) is 0.478. The Bertz CT molecular complexity index is 336. The molecule has 0 bridgehead atoms. The molecule has 5 nitrogen and oxygen atoms in total. The highest BCUT2D eigenvalue weighted by Crippen LogP contribution is 2.19. The van der Waals surface area contributed by atoms with Crippen LogP contribution in [-0.4, -0.2) is 12.7 Å². The lowest BCUT2D eigenvalue weighted by molar-refractivity contribution is 0.177. The number of amides is 1. The minimum atomic E-state index is -0.365. The van der Waals surface area contributed by atoms with Crippen molar-refractivity contribution >= 4 is 11.8 Å². The molecule has 1 fully saturated rings. The van der Waals surface area contributed by atoms with Crippen molar-refractivity contribution in [2.24, 2.45) is 5.84 Å². The molecule has 1 atom stereocenters. The van der Waals surface area contributed by atoms with Crippen LogP contribution in [0.5, 0.6) is 0 Å². The summed E-state index contributed by atoms with van der Waals surface area (Å²) in [6.07, 6.45) is -0.365. The summed E-state index contributed by atoms with van der Waals surface area (Å²) in [6, 6.07) is 7.44. The van der Waals surface area contributed by atoms with Gasteiger partial charge >= 0.3 is 6.09 Å². The van der Waals surface area contributed by atoms with Gasteiger partial charge in [-0.25, -0.2) is 4.79 Å². The van der Waals surface area contributed by atoms with E-state index in [1.807, 2.05) is 24.3 Å². The van der Waals surface area contributed by atoms with Gasteiger partial charge in [-0.15, -0.1) is 0 Å². The van der Waals surface area contributed by atoms with Gasteiger partial charge in [-0.2, -0.15) is 0 Å². The maximum absolute atomic E-state index is 10.8. The summed E-state index contributed by atoms with van der Waals surface area (Å²) < 4.78 is 4.79. The minimum absolute atomic E-state index is 0.0469. The second kappa shape index (κ2) is 3.55. The standard InChI is InChI=1S/C9H11N3O2/c10-12-7-3-1-6(2-4-7)8-5-14-9(13)11-8/h1-4,8,12H,5,10H2,(H,11,13)/t8-/m1/s1. The van der Waals surface area contributed by atoms with Crippen LogP contribution in [0.15, 0.2) is 24.3 Å². The molecule has 1 aromatic carbocycles. The average Bonchev–Trinajstić information content (AvgIpc) is 2.65. The molecule has 74 valence electrons. The third-order valence-electron chi connectivity index (χ3n) is 2.15. The number of cyclic esters (lactones) is 1. The highest BCUT2D eigenvalue weighted by atomic mass is 16.6. The number of alkyl carbamates (subject to hydrolysis) is 1. The van der Waals surface area contributed by atoms with Gasteiger partial charge in [0.2, 0.25) is 0 Å². The van der Waals surface area contributed by atoms with E-state index >= 15 is 0 Å². The lowest BCUT2D eigenvalue weighted by Crippen LogP contribution is -2.18. The van der Waals surface area contributed by atoms with E-state index in [0.29, 0.717) is 6.61 Å². The number of nitrogens with two attached hydrogens (primary N) is 1. The molecular formula is C9H11N3O2. The predicted octanol–water partition coefficient (Wildman–Crippen LogP) is 0.753. The van der Waals surface area contributed by atoms with Gasteiger partial charge in [0.1, 0.15) is 6.61 Å². The van der Waals surface area contributed by atoms with Crippen molar-refractivity contribution < 1.29 is 9.53 Å². The maximum atomic E-state index is 10.8. The van der Waals surface area contributed by atoms with Gasteiger partial charge < -0.3 is 15.5 Å². The van der Waals surface area contributed by atoms with Gasteiger partial charge in [-0.3, -0.25) is 5.84 Å². The number of rotatable bonds is 2. The Labute approximate surface area is 81.2 Å². The number of nitrogens with one attached hydrogen (secondary N) is 2. The number of hydrogen-bond donors (Lipinski definition) is 3. The molecule has 1 saturated heterocycles. The normalized spacial score (nSPS) is 20.1. The monoisotopic (exact) mass is 193 g/mol. The molecule has 0 unspecified atom stereocenters.